The minimum atomic E-state index is 0.894. The van der Waals surface area contributed by atoms with E-state index in [0.29, 0.717) is 0 Å². The predicted molar refractivity (Wildman–Crippen MR) is 528 cm³/mol. The van der Waals surface area contributed by atoms with Gasteiger partial charge < -0.3 is 14.2 Å². The van der Waals surface area contributed by atoms with E-state index >= 15 is 0 Å². The Bertz CT molecular complexity index is 6760. The van der Waals surface area contributed by atoms with Crippen molar-refractivity contribution in [3.05, 3.63) is 497 Å². The fourth-order valence-electron chi connectivity index (χ4n) is 17.5. The number of hydrogen-bond donors (Lipinski definition) is 0. The molecular formula is C120H82N2OS. The Morgan fingerprint density at radius 1 is 0.153 bits per heavy atom. The van der Waals surface area contributed by atoms with Crippen LogP contribution in [0.1, 0.15) is 0 Å². The smallest absolute Gasteiger partial charge is 0.143 e. The third-order valence-corrected chi connectivity index (χ3v) is 25.1. The molecule has 0 amide bonds. The molecule has 3 nitrogen and oxygen atoms in total. The molecule has 0 atom stereocenters. The highest BCUT2D eigenvalue weighted by Gasteiger charge is 2.23. The number of nitrogens with zero attached hydrogens (tertiary/aromatic N) is 2. The number of hydrogen-bond acceptors (Lipinski definition) is 4. The summed E-state index contributed by atoms with van der Waals surface area (Å²) in [4.78, 5) is 4.75. The van der Waals surface area contributed by atoms with Crippen molar-refractivity contribution in [1.82, 2.24) is 0 Å². The van der Waals surface area contributed by atoms with Gasteiger partial charge in [-0.05, 0) is 207 Å². The fraction of sp³-hybridized carbons (Fsp3) is 0. The van der Waals surface area contributed by atoms with Crippen molar-refractivity contribution in [2.24, 2.45) is 0 Å². The van der Waals surface area contributed by atoms with Crippen molar-refractivity contribution in [3.63, 3.8) is 0 Å². The van der Waals surface area contributed by atoms with Gasteiger partial charge in [0, 0.05) is 76.2 Å². The summed E-state index contributed by atoms with van der Waals surface area (Å²) in [5.41, 5.74) is 36.8. The Labute approximate surface area is 727 Å². The minimum Gasteiger partial charge on any atom is -0.455 e. The van der Waals surface area contributed by atoms with Gasteiger partial charge in [0.15, 0.2) is 0 Å². The molecule has 0 unspecified atom stereocenters. The van der Waals surface area contributed by atoms with E-state index in [2.05, 4.69) is 495 Å². The Kier molecular flexibility index (Phi) is 20.7. The summed E-state index contributed by atoms with van der Waals surface area (Å²) >= 11 is 1.88. The van der Waals surface area contributed by atoms with Crippen molar-refractivity contribution < 1.29 is 4.42 Å². The van der Waals surface area contributed by atoms with Crippen molar-refractivity contribution in [2.45, 2.75) is 0 Å². The van der Waals surface area contributed by atoms with Gasteiger partial charge >= 0.3 is 0 Å². The monoisotopic (exact) mass is 1600 g/mol. The van der Waals surface area contributed by atoms with Gasteiger partial charge in [0.1, 0.15) is 11.2 Å². The molecule has 124 heavy (non-hydrogen) atoms. The number of para-hydroxylation sites is 2. The van der Waals surface area contributed by atoms with Crippen LogP contribution in [0.5, 0.6) is 0 Å². The van der Waals surface area contributed by atoms with E-state index in [1.54, 1.807) is 0 Å². The topological polar surface area (TPSA) is 19.6 Å². The van der Waals surface area contributed by atoms with E-state index in [1.807, 2.05) is 23.5 Å². The van der Waals surface area contributed by atoms with Gasteiger partial charge in [-0.3, -0.25) is 0 Å². The average Bonchev–Trinajstić information content (AvgIpc) is 1.52. The summed E-state index contributed by atoms with van der Waals surface area (Å²) in [6.45, 7) is 0. The molecule has 0 bridgehead atoms. The molecule has 2 aromatic heterocycles. The molecule has 0 saturated carbocycles. The van der Waals surface area contributed by atoms with E-state index in [0.717, 1.165) is 78.3 Å². The molecule has 0 fully saturated rings. The number of thiophene rings is 1. The molecule has 22 rings (SSSR count). The van der Waals surface area contributed by atoms with Crippen LogP contribution in [-0.4, -0.2) is 0 Å². The van der Waals surface area contributed by atoms with Crippen molar-refractivity contribution >= 4 is 87.6 Å². The summed E-state index contributed by atoms with van der Waals surface area (Å²) in [6.07, 6.45) is 0. The highest BCUT2D eigenvalue weighted by molar-refractivity contribution is 7.26. The Balaban J connectivity index is 0.000000152. The summed E-state index contributed by atoms with van der Waals surface area (Å²) < 4.78 is 9.21. The zero-order valence-electron chi connectivity index (χ0n) is 68.1. The summed E-state index contributed by atoms with van der Waals surface area (Å²) in [5.74, 6) is 0. The van der Waals surface area contributed by atoms with E-state index < -0.39 is 0 Å². The number of rotatable bonds is 18. The predicted octanol–water partition coefficient (Wildman–Crippen LogP) is 34.6. The van der Waals surface area contributed by atoms with Crippen molar-refractivity contribution in [1.29, 1.82) is 0 Å². The third kappa shape index (κ3) is 15.3. The second-order valence-electron chi connectivity index (χ2n) is 31.4. The van der Waals surface area contributed by atoms with Crippen molar-refractivity contribution in [3.8, 4) is 134 Å². The summed E-state index contributed by atoms with van der Waals surface area (Å²) in [5, 5.41) is 4.86. The van der Waals surface area contributed by atoms with Crippen LogP contribution < -0.4 is 9.80 Å². The van der Waals surface area contributed by atoms with E-state index in [1.165, 1.54) is 131 Å². The van der Waals surface area contributed by atoms with E-state index in [-0.39, 0.29) is 0 Å². The first-order valence-corrected chi connectivity index (χ1v) is 43.1. The van der Waals surface area contributed by atoms with Crippen LogP contribution >= 0.6 is 11.3 Å². The van der Waals surface area contributed by atoms with E-state index in [9.17, 15) is 0 Å². The SMILES string of the molecule is c1ccc(-c2ccc(-c3ccc(N(c4ccc(-c5ccc(-c6ccccc6)cc5)cc4)c4ccc(-c5cccc6c5oc5ccccc56)c(-c5ccccc5)c4)cc3)cc2)cc1.c1ccc(-c2ccc(-c3ccc(N(c4ccc(-c5ccc(-c6ccccc6)cc5)cc4)c4ccc(-c5cccc6c5sc5ccccc56)c(-c5ccccc5)c4)cc3)cc2)cc1. The van der Waals surface area contributed by atoms with Gasteiger partial charge in [0.05, 0.1) is 0 Å². The van der Waals surface area contributed by atoms with Crippen molar-refractivity contribution in [2.75, 3.05) is 9.80 Å². The lowest BCUT2D eigenvalue weighted by atomic mass is 9.92. The van der Waals surface area contributed by atoms with Gasteiger partial charge in [-0.25, -0.2) is 0 Å². The number of furan rings is 1. The van der Waals surface area contributed by atoms with Crippen LogP contribution in [0.4, 0.5) is 34.1 Å². The van der Waals surface area contributed by atoms with Gasteiger partial charge in [-0.2, -0.15) is 0 Å². The molecule has 0 saturated heterocycles. The maximum atomic E-state index is 6.59. The molecule has 0 radical (unpaired) electrons. The normalized spacial score (nSPS) is 11.2. The lowest BCUT2D eigenvalue weighted by Gasteiger charge is -2.27. The molecular weight excluding hydrogens is 1520 g/mol. The summed E-state index contributed by atoms with van der Waals surface area (Å²) in [7, 11) is 0. The number of benzene rings is 20. The highest BCUT2D eigenvalue weighted by atomic mass is 32.1. The standard InChI is InChI=1S/C60H41NO.C60H41NS/c2*1-4-13-42(14-5-1)44-23-27-46(28-24-44)48-31-35-51(36-32-48)61(52-37-33-49(34-38-52)47-29-25-45(26-30-47)43-15-6-2-7-16-43)53-39-40-54(58(41-53)50-17-8-3-9-18-50)56-20-12-21-57-55-19-10-11-22-59(55)62-60(56)57/h2*1-41H. The van der Waals surface area contributed by atoms with E-state index in [4.69, 9.17) is 4.42 Å². The van der Waals surface area contributed by atoms with Gasteiger partial charge in [-0.15, -0.1) is 11.3 Å². The molecule has 0 N–H and O–H groups in total. The molecule has 0 spiro atoms. The number of fused-ring (bicyclic) bond motifs is 6. The van der Waals surface area contributed by atoms with Crippen LogP contribution in [0.2, 0.25) is 0 Å². The minimum absolute atomic E-state index is 0.894. The zero-order chi connectivity index (χ0) is 82.5. The molecule has 4 heteroatoms. The molecule has 0 aliphatic carbocycles. The Morgan fingerprint density at radius 3 is 0.750 bits per heavy atom. The molecule has 0 aliphatic heterocycles. The Morgan fingerprint density at radius 2 is 0.403 bits per heavy atom. The van der Waals surface area contributed by atoms with Gasteiger partial charge in [-0.1, -0.05) is 413 Å². The third-order valence-electron chi connectivity index (χ3n) is 23.9. The Hall–Kier alpha value is -16.0. The summed E-state index contributed by atoms with van der Waals surface area (Å²) in [6, 6.07) is 179. The lowest BCUT2D eigenvalue weighted by molar-refractivity contribution is 0.670. The molecule has 584 valence electrons. The number of anilines is 6. The second-order valence-corrected chi connectivity index (χ2v) is 32.4. The fourth-order valence-corrected chi connectivity index (χ4v) is 18.7. The van der Waals surface area contributed by atoms with Crippen LogP contribution in [0.15, 0.2) is 502 Å². The molecule has 2 heterocycles. The van der Waals surface area contributed by atoms with Crippen LogP contribution in [0.25, 0.3) is 176 Å². The van der Waals surface area contributed by atoms with Crippen LogP contribution in [0.3, 0.4) is 0 Å². The maximum Gasteiger partial charge on any atom is 0.143 e. The van der Waals surface area contributed by atoms with Gasteiger partial charge in [0.25, 0.3) is 0 Å². The molecule has 22 aromatic rings. The lowest BCUT2D eigenvalue weighted by Crippen LogP contribution is -2.10. The quantitative estimate of drug-likeness (QED) is 0.0854. The zero-order valence-corrected chi connectivity index (χ0v) is 68.9. The van der Waals surface area contributed by atoms with Crippen LogP contribution in [-0.2, 0) is 0 Å². The first kappa shape index (κ1) is 75.5. The van der Waals surface area contributed by atoms with Crippen LogP contribution in [0, 0.1) is 0 Å². The van der Waals surface area contributed by atoms with Gasteiger partial charge in [0.2, 0.25) is 0 Å². The first-order valence-electron chi connectivity index (χ1n) is 42.3. The second kappa shape index (κ2) is 34.0. The molecule has 0 aliphatic rings. The maximum absolute atomic E-state index is 6.59. The first-order chi connectivity index (χ1) is 61.5. The molecule has 20 aromatic carbocycles. The largest absolute Gasteiger partial charge is 0.455 e. The average molecular weight is 1600 g/mol. The highest BCUT2D eigenvalue weighted by Crippen LogP contribution is 2.49.